The molecule has 1 amide bonds. The first-order valence-corrected chi connectivity index (χ1v) is 9.45. The highest BCUT2D eigenvalue weighted by atomic mass is 32.2. The van der Waals surface area contributed by atoms with Crippen LogP contribution in [0.1, 0.15) is 29.4 Å². The molecule has 1 saturated carbocycles. The van der Waals surface area contributed by atoms with E-state index in [2.05, 4.69) is 5.32 Å². The number of hydrogen-bond acceptors (Lipinski definition) is 4. The van der Waals surface area contributed by atoms with E-state index in [9.17, 15) is 13.2 Å². The van der Waals surface area contributed by atoms with Gasteiger partial charge in [-0.25, -0.2) is 12.7 Å². The van der Waals surface area contributed by atoms with E-state index in [0.717, 1.165) is 12.8 Å². The predicted octanol–water partition coefficient (Wildman–Crippen LogP) is 0.459. The molecule has 1 aromatic rings. The van der Waals surface area contributed by atoms with Gasteiger partial charge in [0.2, 0.25) is 10.0 Å². The minimum atomic E-state index is -3.32. The summed E-state index contributed by atoms with van der Waals surface area (Å²) in [6.45, 7) is 0.700. The lowest BCUT2D eigenvalue weighted by atomic mass is 10.1. The van der Waals surface area contributed by atoms with Gasteiger partial charge in [-0.15, -0.1) is 0 Å². The quantitative estimate of drug-likeness (QED) is 0.815. The zero-order chi connectivity index (χ0) is 16.6. The molecule has 1 saturated heterocycles. The second-order valence-electron chi connectivity index (χ2n) is 6.47. The molecule has 0 aromatic carbocycles. The Morgan fingerprint density at radius 3 is 2.78 bits per heavy atom. The van der Waals surface area contributed by atoms with E-state index in [4.69, 9.17) is 4.74 Å². The van der Waals surface area contributed by atoms with Crippen LogP contribution in [-0.4, -0.2) is 62.3 Å². The summed E-state index contributed by atoms with van der Waals surface area (Å²) in [4.78, 5) is 12.5. The third-order valence-electron chi connectivity index (χ3n) is 4.45. The van der Waals surface area contributed by atoms with Crippen molar-refractivity contribution in [1.82, 2.24) is 14.2 Å². The molecule has 128 valence electrons. The van der Waals surface area contributed by atoms with Gasteiger partial charge in [0.05, 0.1) is 25.0 Å². The van der Waals surface area contributed by atoms with E-state index < -0.39 is 10.0 Å². The zero-order valence-electron chi connectivity index (χ0n) is 13.4. The van der Waals surface area contributed by atoms with Crippen LogP contribution in [0.2, 0.25) is 0 Å². The van der Waals surface area contributed by atoms with Gasteiger partial charge in [0.1, 0.15) is 5.69 Å². The largest absolute Gasteiger partial charge is 0.379 e. The van der Waals surface area contributed by atoms with Crippen LogP contribution in [0.25, 0.3) is 0 Å². The van der Waals surface area contributed by atoms with E-state index in [1.54, 1.807) is 6.07 Å². The standard InChI is InChI=1S/C15H23N3O4S/c1-17(2)23(20,21)10-11-8-22-9-13(11)16-15(19)14-4-3-7-18(14)12-5-6-12/h3-4,7,11-13H,5-6,8-10H2,1-2H3,(H,16,19)/t11-,13+/m0/s1. The predicted molar refractivity (Wildman–Crippen MR) is 85.7 cm³/mol. The molecule has 2 heterocycles. The van der Waals surface area contributed by atoms with Crippen molar-refractivity contribution in [2.45, 2.75) is 24.9 Å². The molecule has 1 aliphatic carbocycles. The van der Waals surface area contributed by atoms with Crippen molar-refractivity contribution < 1.29 is 17.9 Å². The first-order chi connectivity index (χ1) is 10.9. The third kappa shape index (κ3) is 3.59. The fraction of sp³-hybridized carbons (Fsp3) is 0.667. The smallest absolute Gasteiger partial charge is 0.268 e. The molecular formula is C15H23N3O4S. The first kappa shape index (κ1) is 16.5. The van der Waals surface area contributed by atoms with E-state index in [0.29, 0.717) is 24.9 Å². The van der Waals surface area contributed by atoms with Gasteiger partial charge in [-0.3, -0.25) is 4.79 Å². The highest BCUT2D eigenvalue weighted by Crippen LogP contribution is 2.36. The van der Waals surface area contributed by atoms with Crippen LogP contribution in [0.15, 0.2) is 18.3 Å². The summed E-state index contributed by atoms with van der Waals surface area (Å²) in [6, 6.07) is 3.82. The second-order valence-corrected chi connectivity index (χ2v) is 8.70. The maximum Gasteiger partial charge on any atom is 0.268 e. The molecule has 2 fully saturated rings. The van der Waals surface area contributed by atoms with Crippen molar-refractivity contribution in [1.29, 1.82) is 0 Å². The summed E-state index contributed by atoms with van der Waals surface area (Å²) in [5.41, 5.74) is 0.633. The van der Waals surface area contributed by atoms with Crippen LogP contribution in [0.5, 0.6) is 0 Å². The fourth-order valence-corrected chi connectivity index (χ4v) is 4.01. The molecule has 0 spiro atoms. The summed E-state index contributed by atoms with van der Waals surface area (Å²) < 4.78 is 32.7. The highest BCUT2D eigenvalue weighted by molar-refractivity contribution is 7.89. The molecule has 7 nitrogen and oxygen atoms in total. The Hall–Kier alpha value is -1.38. The van der Waals surface area contributed by atoms with Gasteiger partial charge in [-0.05, 0) is 25.0 Å². The Labute approximate surface area is 136 Å². The molecule has 0 unspecified atom stereocenters. The van der Waals surface area contributed by atoms with Gasteiger partial charge in [0.25, 0.3) is 5.91 Å². The molecule has 1 N–H and O–H groups in total. The van der Waals surface area contributed by atoms with Gasteiger partial charge in [-0.2, -0.15) is 0 Å². The van der Waals surface area contributed by atoms with Gasteiger partial charge in [0.15, 0.2) is 0 Å². The van der Waals surface area contributed by atoms with Crippen LogP contribution in [0, 0.1) is 5.92 Å². The number of sulfonamides is 1. The second kappa shape index (κ2) is 6.26. The van der Waals surface area contributed by atoms with Gasteiger partial charge >= 0.3 is 0 Å². The molecule has 8 heteroatoms. The maximum absolute atomic E-state index is 12.5. The van der Waals surface area contributed by atoms with Gasteiger partial charge < -0.3 is 14.6 Å². The molecule has 0 radical (unpaired) electrons. The summed E-state index contributed by atoms with van der Waals surface area (Å²) in [6.07, 6.45) is 4.13. The lowest BCUT2D eigenvalue weighted by molar-refractivity contribution is 0.0916. The molecule has 1 aromatic heterocycles. The minimum Gasteiger partial charge on any atom is -0.379 e. The maximum atomic E-state index is 12.5. The molecule has 2 aliphatic rings. The summed E-state index contributed by atoms with van der Waals surface area (Å²) in [5, 5.41) is 2.95. The molecule has 3 rings (SSSR count). The summed E-state index contributed by atoms with van der Waals surface area (Å²) in [7, 11) is -0.289. The lowest BCUT2D eigenvalue weighted by Crippen LogP contribution is -2.44. The SMILES string of the molecule is CN(C)S(=O)(=O)C[C@@H]1COC[C@H]1NC(=O)c1cccn1C1CC1. The fourth-order valence-electron chi connectivity index (χ4n) is 2.84. The van der Waals surface area contributed by atoms with E-state index in [1.165, 1.54) is 18.4 Å². The van der Waals surface area contributed by atoms with Crippen molar-refractivity contribution in [3.63, 3.8) is 0 Å². The zero-order valence-corrected chi connectivity index (χ0v) is 14.3. The van der Waals surface area contributed by atoms with Crippen LogP contribution in [0.4, 0.5) is 0 Å². The number of ether oxygens (including phenoxy) is 1. The average Bonchev–Trinajstić information content (AvgIpc) is 3.05. The minimum absolute atomic E-state index is 0.0193. The number of hydrogen-bond donors (Lipinski definition) is 1. The number of rotatable bonds is 6. The Kier molecular flexibility index (Phi) is 4.48. The van der Waals surface area contributed by atoms with Gasteiger partial charge in [0, 0.05) is 32.3 Å². The Balaban J connectivity index is 1.66. The normalized spacial score (nSPS) is 25.0. The lowest BCUT2D eigenvalue weighted by Gasteiger charge is -2.21. The summed E-state index contributed by atoms with van der Waals surface area (Å²) >= 11 is 0. The number of nitrogens with zero attached hydrogens (tertiary/aromatic N) is 2. The van der Waals surface area contributed by atoms with Crippen LogP contribution < -0.4 is 5.32 Å². The van der Waals surface area contributed by atoms with Crippen molar-refractivity contribution in [2.75, 3.05) is 33.1 Å². The molecular weight excluding hydrogens is 318 g/mol. The van der Waals surface area contributed by atoms with Crippen LogP contribution in [-0.2, 0) is 14.8 Å². The number of amides is 1. The van der Waals surface area contributed by atoms with Crippen molar-refractivity contribution in [2.24, 2.45) is 5.92 Å². The Morgan fingerprint density at radius 2 is 2.13 bits per heavy atom. The Morgan fingerprint density at radius 1 is 1.39 bits per heavy atom. The first-order valence-electron chi connectivity index (χ1n) is 7.84. The molecule has 1 aliphatic heterocycles. The van der Waals surface area contributed by atoms with E-state index >= 15 is 0 Å². The number of carbonyl (C=O) groups excluding carboxylic acids is 1. The number of carbonyl (C=O) groups is 1. The van der Waals surface area contributed by atoms with Crippen molar-refractivity contribution in [3.05, 3.63) is 24.0 Å². The molecule has 0 bridgehead atoms. The number of aromatic nitrogens is 1. The molecule has 23 heavy (non-hydrogen) atoms. The summed E-state index contributed by atoms with van der Waals surface area (Å²) in [5.74, 6) is -0.408. The van der Waals surface area contributed by atoms with E-state index in [-0.39, 0.29) is 23.6 Å². The van der Waals surface area contributed by atoms with Crippen molar-refractivity contribution >= 4 is 15.9 Å². The van der Waals surface area contributed by atoms with Crippen molar-refractivity contribution in [3.8, 4) is 0 Å². The Bertz CT molecular complexity index is 679. The monoisotopic (exact) mass is 341 g/mol. The number of nitrogens with one attached hydrogen (secondary N) is 1. The average molecular weight is 341 g/mol. The van der Waals surface area contributed by atoms with E-state index in [1.807, 2.05) is 16.8 Å². The van der Waals surface area contributed by atoms with Gasteiger partial charge in [-0.1, -0.05) is 0 Å². The van der Waals surface area contributed by atoms with Crippen LogP contribution >= 0.6 is 0 Å². The van der Waals surface area contributed by atoms with Crippen LogP contribution in [0.3, 0.4) is 0 Å². The third-order valence-corrected chi connectivity index (χ3v) is 6.41. The topological polar surface area (TPSA) is 80.6 Å². The molecule has 2 atom stereocenters. The highest BCUT2D eigenvalue weighted by Gasteiger charge is 2.35.